The van der Waals surface area contributed by atoms with Crippen LogP contribution < -0.4 is 24.8 Å². The summed E-state index contributed by atoms with van der Waals surface area (Å²) >= 11 is 1.83. The number of benzene rings is 2. The molecule has 0 heterocycles. The minimum absolute atomic E-state index is 0.400. The van der Waals surface area contributed by atoms with Crippen LogP contribution in [0.3, 0.4) is 0 Å². The predicted molar refractivity (Wildman–Crippen MR) is 116 cm³/mol. The van der Waals surface area contributed by atoms with Crippen LogP contribution in [0.25, 0.3) is 0 Å². The summed E-state index contributed by atoms with van der Waals surface area (Å²) in [4.78, 5) is 5.56. The quantitative estimate of drug-likeness (QED) is 0.379. The number of rotatable bonds is 9. The number of thioether (sulfide) groups is 1. The molecule has 7 heteroatoms. The number of guanidine groups is 1. The standard InChI is InChI=1S/C21H29N3O3S/c1-15(28-17-9-7-6-8-10-17)13-23-21(22-2)24-14-16-11-19(26-4)20(27-5)12-18(16)25-3/h6-12,15H,13-14H2,1-5H3,(H2,22,23,24). The number of hydrogen-bond donors (Lipinski definition) is 2. The highest BCUT2D eigenvalue weighted by Gasteiger charge is 2.12. The first kappa shape index (κ1) is 21.8. The molecule has 1 atom stereocenters. The molecule has 0 spiro atoms. The maximum absolute atomic E-state index is 5.48. The lowest BCUT2D eigenvalue weighted by molar-refractivity contribution is 0.347. The van der Waals surface area contributed by atoms with E-state index in [9.17, 15) is 0 Å². The molecule has 0 saturated carbocycles. The van der Waals surface area contributed by atoms with E-state index in [1.807, 2.05) is 30.0 Å². The third kappa shape index (κ3) is 6.27. The zero-order valence-electron chi connectivity index (χ0n) is 17.1. The number of nitrogens with zero attached hydrogens (tertiary/aromatic N) is 1. The van der Waals surface area contributed by atoms with E-state index in [0.29, 0.717) is 23.3 Å². The lowest BCUT2D eigenvalue weighted by Gasteiger charge is -2.18. The van der Waals surface area contributed by atoms with Crippen molar-refractivity contribution in [2.45, 2.75) is 23.6 Å². The van der Waals surface area contributed by atoms with Crippen LogP contribution in [0.4, 0.5) is 0 Å². The zero-order valence-corrected chi connectivity index (χ0v) is 17.9. The van der Waals surface area contributed by atoms with Gasteiger partial charge in [0.25, 0.3) is 0 Å². The van der Waals surface area contributed by atoms with Crippen LogP contribution in [0.5, 0.6) is 17.2 Å². The average molecular weight is 404 g/mol. The first-order chi connectivity index (χ1) is 13.6. The molecule has 28 heavy (non-hydrogen) atoms. The van der Waals surface area contributed by atoms with Gasteiger partial charge >= 0.3 is 0 Å². The normalized spacial score (nSPS) is 12.2. The van der Waals surface area contributed by atoms with Crippen molar-refractivity contribution in [2.24, 2.45) is 4.99 Å². The Bertz CT molecular complexity index is 769. The smallest absolute Gasteiger partial charge is 0.191 e. The minimum Gasteiger partial charge on any atom is -0.496 e. The molecular formula is C21H29N3O3S. The van der Waals surface area contributed by atoms with Gasteiger partial charge in [0.1, 0.15) is 5.75 Å². The summed E-state index contributed by atoms with van der Waals surface area (Å²) < 4.78 is 16.2. The van der Waals surface area contributed by atoms with Crippen LogP contribution in [-0.4, -0.2) is 46.1 Å². The molecule has 2 N–H and O–H groups in total. The molecule has 0 amide bonds. The van der Waals surface area contributed by atoms with E-state index >= 15 is 0 Å². The summed E-state index contributed by atoms with van der Waals surface area (Å²) in [6.07, 6.45) is 0. The van der Waals surface area contributed by atoms with Crippen molar-refractivity contribution >= 4 is 17.7 Å². The molecule has 0 aliphatic carbocycles. The van der Waals surface area contributed by atoms with Crippen LogP contribution in [0.2, 0.25) is 0 Å². The lowest BCUT2D eigenvalue weighted by Crippen LogP contribution is -2.39. The highest BCUT2D eigenvalue weighted by Crippen LogP contribution is 2.34. The Kier molecular flexibility index (Phi) is 8.81. The average Bonchev–Trinajstić information content (AvgIpc) is 2.73. The third-order valence-corrected chi connectivity index (χ3v) is 5.21. The van der Waals surface area contributed by atoms with E-state index in [2.05, 4.69) is 46.8 Å². The van der Waals surface area contributed by atoms with E-state index in [-0.39, 0.29) is 0 Å². The van der Waals surface area contributed by atoms with Gasteiger partial charge in [-0.2, -0.15) is 0 Å². The fourth-order valence-electron chi connectivity index (χ4n) is 2.64. The first-order valence-corrected chi connectivity index (χ1v) is 9.94. The number of ether oxygens (including phenoxy) is 3. The molecule has 1 unspecified atom stereocenters. The molecule has 2 aromatic carbocycles. The molecule has 0 aliphatic heterocycles. The van der Waals surface area contributed by atoms with Gasteiger partial charge < -0.3 is 24.8 Å². The fraction of sp³-hybridized carbons (Fsp3) is 0.381. The summed E-state index contributed by atoms with van der Waals surface area (Å²) in [5, 5.41) is 7.09. The molecule has 6 nitrogen and oxygen atoms in total. The Morgan fingerprint density at radius 1 is 0.964 bits per heavy atom. The SMILES string of the molecule is CN=C(NCc1cc(OC)c(OC)cc1OC)NCC(C)Sc1ccccc1. The number of aliphatic imine (C=N–C) groups is 1. The van der Waals surface area contributed by atoms with Crippen molar-refractivity contribution in [1.82, 2.24) is 10.6 Å². The summed E-state index contributed by atoms with van der Waals surface area (Å²) in [5.74, 6) is 2.76. The molecule has 0 saturated heterocycles. The lowest BCUT2D eigenvalue weighted by atomic mass is 10.1. The van der Waals surface area contributed by atoms with Gasteiger partial charge in [-0.15, -0.1) is 11.8 Å². The van der Waals surface area contributed by atoms with Gasteiger partial charge in [-0.1, -0.05) is 25.1 Å². The zero-order chi connectivity index (χ0) is 20.4. The predicted octanol–water partition coefficient (Wildman–Crippen LogP) is 3.56. The Morgan fingerprint density at radius 3 is 2.21 bits per heavy atom. The van der Waals surface area contributed by atoms with Crippen molar-refractivity contribution in [3.05, 3.63) is 48.0 Å². The summed E-state index contributed by atoms with van der Waals surface area (Å²) in [7, 11) is 6.62. The monoisotopic (exact) mass is 403 g/mol. The molecule has 0 aliphatic rings. The van der Waals surface area contributed by atoms with Gasteiger partial charge in [0.15, 0.2) is 17.5 Å². The van der Waals surface area contributed by atoms with E-state index < -0.39 is 0 Å². The maximum Gasteiger partial charge on any atom is 0.191 e. The second kappa shape index (κ2) is 11.3. The molecule has 2 rings (SSSR count). The van der Waals surface area contributed by atoms with Gasteiger partial charge in [0.2, 0.25) is 0 Å². The topological polar surface area (TPSA) is 64.1 Å². The molecule has 2 aromatic rings. The second-order valence-electron chi connectivity index (χ2n) is 6.07. The molecule has 152 valence electrons. The van der Waals surface area contributed by atoms with Crippen LogP contribution in [0.1, 0.15) is 12.5 Å². The summed E-state index contributed by atoms with van der Waals surface area (Å²) in [6.45, 7) is 3.53. The van der Waals surface area contributed by atoms with Crippen molar-refractivity contribution in [1.29, 1.82) is 0 Å². The number of methoxy groups -OCH3 is 3. The number of nitrogens with one attached hydrogen (secondary N) is 2. The number of hydrogen-bond acceptors (Lipinski definition) is 5. The van der Waals surface area contributed by atoms with Gasteiger partial charge in [0, 0.05) is 41.9 Å². The van der Waals surface area contributed by atoms with Gasteiger partial charge in [-0.05, 0) is 18.2 Å². The van der Waals surface area contributed by atoms with Gasteiger partial charge in [0.05, 0.1) is 21.3 Å². The second-order valence-corrected chi connectivity index (χ2v) is 7.58. The maximum atomic E-state index is 5.48. The third-order valence-electron chi connectivity index (χ3n) is 4.09. The van der Waals surface area contributed by atoms with E-state index in [4.69, 9.17) is 14.2 Å². The van der Waals surface area contributed by atoms with Crippen molar-refractivity contribution in [2.75, 3.05) is 34.9 Å². The van der Waals surface area contributed by atoms with E-state index in [1.54, 1.807) is 28.4 Å². The van der Waals surface area contributed by atoms with Crippen molar-refractivity contribution in [3.63, 3.8) is 0 Å². The van der Waals surface area contributed by atoms with E-state index in [0.717, 1.165) is 23.8 Å². The van der Waals surface area contributed by atoms with E-state index in [1.165, 1.54) is 4.90 Å². The summed E-state index contributed by atoms with van der Waals surface area (Å²) in [6, 6.07) is 14.1. The van der Waals surface area contributed by atoms with Crippen LogP contribution in [0, 0.1) is 0 Å². The minimum atomic E-state index is 0.400. The molecule has 0 fully saturated rings. The Labute approximate surface area is 171 Å². The molecule has 0 radical (unpaired) electrons. The highest BCUT2D eigenvalue weighted by molar-refractivity contribution is 8.00. The van der Waals surface area contributed by atoms with Gasteiger partial charge in [-0.25, -0.2) is 0 Å². The first-order valence-electron chi connectivity index (χ1n) is 9.06. The largest absolute Gasteiger partial charge is 0.496 e. The van der Waals surface area contributed by atoms with Crippen LogP contribution >= 0.6 is 11.8 Å². The van der Waals surface area contributed by atoms with Crippen molar-refractivity contribution < 1.29 is 14.2 Å². The van der Waals surface area contributed by atoms with Crippen molar-refractivity contribution in [3.8, 4) is 17.2 Å². The van der Waals surface area contributed by atoms with Gasteiger partial charge in [-0.3, -0.25) is 4.99 Å². The Balaban J connectivity index is 1.93. The Hall–Kier alpha value is -2.54. The fourth-order valence-corrected chi connectivity index (χ4v) is 3.59. The molecule has 0 aromatic heterocycles. The van der Waals surface area contributed by atoms with Crippen LogP contribution in [0.15, 0.2) is 52.4 Å². The highest BCUT2D eigenvalue weighted by atomic mass is 32.2. The summed E-state index contributed by atoms with van der Waals surface area (Å²) in [5.41, 5.74) is 0.954. The Morgan fingerprint density at radius 2 is 1.61 bits per heavy atom. The molecular weight excluding hydrogens is 374 g/mol. The van der Waals surface area contributed by atoms with Crippen LogP contribution in [-0.2, 0) is 6.54 Å². The molecule has 0 bridgehead atoms.